The van der Waals surface area contributed by atoms with Crippen molar-refractivity contribution in [2.75, 3.05) is 24.3 Å². The molecule has 0 unspecified atom stereocenters. The molecule has 2 aromatic heterocycles. The first-order chi connectivity index (χ1) is 13.4. The number of halogens is 1. The molecule has 0 aliphatic heterocycles. The van der Waals surface area contributed by atoms with Crippen molar-refractivity contribution < 1.29 is 4.79 Å². The van der Waals surface area contributed by atoms with Gasteiger partial charge in [0, 0.05) is 43.3 Å². The summed E-state index contributed by atoms with van der Waals surface area (Å²) in [6, 6.07) is 8.84. The van der Waals surface area contributed by atoms with Gasteiger partial charge in [-0.15, -0.1) is 0 Å². The van der Waals surface area contributed by atoms with E-state index >= 15 is 0 Å². The van der Waals surface area contributed by atoms with Gasteiger partial charge in [0.05, 0.1) is 22.8 Å². The second-order valence-electron chi connectivity index (χ2n) is 6.48. The van der Waals surface area contributed by atoms with Gasteiger partial charge in [0.25, 0.3) is 5.56 Å². The summed E-state index contributed by atoms with van der Waals surface area (Å²) in [5.41, 5.74) is 2.45. The average molecular weight is 398 g/mol. The fraction of sp³-hybridized carbons (Fsp3) is 0.200. The highest BCUT2D eigenvalue weighted by molar-refractivity contribution is 6.34. The van der Waals surface area contributed by atoms with Crippen LogP contribution in [0.3, 0.4) is 0 Å². The number of hydrogen-bond acceptors (Lipinski definition) is 5. The summed E-state index contributed by atoms with van der Waals surface area (Å²) in [5.74, 6) is 0.0967. The lowest BCUT2D eigenvalue weighted by Crippen LogP contribution is -2.24. The Balaban J connectivity index is 1.84. The van der Waals surface area contributed by atoms with E-state index in [2.05, 4.69) is 20.3 Å². The third-order valence-electron chi connectivity index (χ3n) is 4.20. The van der Waals surface area contributed by atoms with Crippen molar-refractivity contribution in [2.24, 2.45) is 0 Å². The summed E-state index contributed by atoms with van der Waals surface area (Å²) in [6.45, 7) is 1.71. The minimum Gasteiger partial charge on any atom is -0.375 e. The number of pyridine rings is 1. The predicted octanol–water partition coefficient (Wildman–Crippen LogP) is 3.04. The number of hydrogen-bond donors (Lipinski definition) is 2. The largest absolute Gasteiger partial charge is 0.375 e. The summed E-state index contributed by atoms with van der Waals surface area (Å²) in [7, 11) is 3.68. The van der Waals surface area contributed by atoms with Gasteiger partial charge < -0.3 is 15.2 Å². The van der Waals surface area contributed by atoms with Gasteiger partial charge in [0.15, 0.2) is 0 Å². The molecule has 0 bridgehead atoms. The van der Waals surface area contributed by atoms with E-state index in [4.69, 9.17) is 11.6 Å². The first-order valence-electron chi connectivity index (χ1n) is 8.62. The first kappa shape index (κ1) is 19.6. The third-order valence-corrected chi connectivity index (χ3v) is 4.51. The Morgan fingerprint density at radius 1 is 1.25 bits per heavy atom. The maximum absolute atomic E-state index is 12.6. The fourth-order valence-corrected chi connectivity index (χ4v) is 3.23. The van der Waals surface area contributed by atoms with E-state index in [0.29, 0.717) is 39.0 Å². The number of amides is 1. The van der Waals surface area contributed by atoms with E-state index in [1.165, 1.54) is 0 Å². The predicted molar refractivity (Wildman–Crippen MR) is 111 cm³/mol. The number of nitrogens with one attached hydrogen (secondary N) is 2. The highest BCUT2D eigenvalue weighted by atomic mass is 35.5. The lowest BCUT2D eigenvalue weighted by molar-refractivity contribution is -0.115. The van der Waals surface area contributed by atoms with E-state index in [1.807, 2.05) is 19.0 Å². The number of aromatic amines is 1. The number of H-pyrrole nitrogens is 1. The number of carbonyl (C=O) groups excluding carboxylic acids is 1. The molecule has 144 valence electrons. The van der Waals surface area contributed by atoms with E-state index < -0.39 is 0 Å². The van der Waals surface area contributed by atoms with Crippen molar-refractivity contribution in [3.8, 4) is 11.4 Å². The summed E-state index contributed by atoms with van der Waals surface area (Å²) >= 11 is 6.23. The minimum atomic E-state index is -0.347. The Morgan fingerprint density at radius 3 is 2.68 bits per heavy atom. The maximum Gasteiger partial charge on any atom is 0.255 e. The van der Waals surface area contributed by atoms with Crippen molar-refractivity contribution in [3.63, 3.8) is 0 Å². The van der Waals surface area contributed by atoms with Crippen LogP contribution in [0, 0.1) is 6.92 Å². The number of carbonyl (C=O) groups is 1. The molecule has 0 saturated carbocycles. The van der Waals surface area contributed by atoms with Crippen LogP contribution in [0.15, 0.2) is 47.5 Å². The SMILES string of the molecule is Cc1nc(-c2cccnc2)[nH]c(=O)c1CC(=O)Nc1cccc(Cl)c1N(C)C. The third kappa shape index (κ3) is 4.20. The van der Waals surface area contributed by atoms with Gasteiger partial charge in [-0.05, 0) is 31.2 Å². The van der Waals surface area contributed by atoms with Crippen LogP contribution in [0.25, 0.3) is 11.4 Å². The molecule has 2 heterocycles. The standard InChI is InChI=1S/C20H20ClN5O2/c1-12-14(20(28)25-19(23-12)13-6-5-9-22-11-13)10-17(27)24-16-8-4-7-15(21)18(16)26(2)3/h4-9,11H,10H2,1-3H3,(H,24,27)(H,23,25,28). The van der Waals surface area contributed by atoms with Crippen LogP contribution in [0.4, 0.5) is 11.4 Å². The van der Waals surface area contributed by atoms with E-state index in [9.17, 15) is 9.59 Å². The van der Waals surface area contributed by atoms with Crippen molar-refractivity contribution in [2.45, 2.75) is 13.3 Å². The fourth-order valence-electron chi connectivity index (χ4n) is 2.88. The molecule has 0 aliphatic rings. The smallest absolute Gasteiger partial charge is 0.255 e. The van der Waals surface area contributed by atoms with Crippen LogP contribution in [0.5, 0.6) is 0 Å². The van der Waals surface area contributed by atoms with Crippen molar-refractivity contribution in [3.05, 3.63) is 69.4 Å². The van der Waals surface area contributed by atoms with Crippen molar-refractivity contribution in [1.82, 2.24) is 15.0 Å². The zero-order valence-corrected chi connectivity index (χ0v) is 16.5. The van der Waals surface area contributed by atoms with Crippen LogP contribution in [0.2, 0.25) is 5.02 Å². The van der Waals surface area contributed by atoms with Crippen molar-refractivity contribution in [1.29, 1.82) is 0 Å². The van der Waals surface area contributed by atoms with Crippen LogP contribution in [-0.2, 0) is 11.2 Å². The molecule has 3 rings (SSSR count). The monoisotopic (exact) mass is 397 g/mol. The zero-order valence-electron chi connectivity index (χ0n) is 15.8. The molecule has 1 amide bonds. The molecule has 0 saturated heterocycles. The average Bonchev–Trinajstić information content (AvgIpc) is 2.65. The second kappa shape index (κ2) is 8.22. The molecule has 7 nitrogen and oxygen atoms in total. The van der Waals surface area contributed by atoms with Crippen LogP contribution >= 0.6 is 11.6 Å². The van der Waals surface area contributed by atoms with E-state index in [0.717, 1.165) is 0 Å². The zero-order chi connectivity index (χ0) is 20.3. The number of anilines is 2. The quantitative estimate of drug-likeness (QED) is 0.690. The maximum atomic E-state index is 12.6. The Hall–Kier alpha value is -3.19. The van der Waals surface area contributed by atoms with Gasteiger partial charge >= 0.3 is 0 Å². The van der Waals surface area contributed by atoms with Crippen molar-refractivity contribution >= 4 is 28.9 Å². The molecule has 2 N–H and O–H groups in total. The molecule has 0 spiro atoms. The number of nitrogens with zero attached hydrogens (tertiary/aromatic N) is 3. The number of benzene rings is 1. The summed E-state index contributed by atoms with van der Waals surface area (Å²) in [6.07, 6.45) is 3.16. The molecule has 8 heteroatoms. The van der Waals surface area contributed by atoms with Gasteiger partial charge in [0.1, 0.15) is 5.82 Å². The Kier molecular flexibility index (Phi) is 5.75. The van der Waals surface area contributed by atoms with Gasteiger partial charge in [0.2, 0.25) is 5.91 Å². The van der Waals surface area contributed by atoms with Gasteiger partial charge in [-0.25, -0.2) is 4.98 Å². The summed E-state index contributed by atoms with van der Waals surface area (Å²) in [4.78, 5) is 38.1. The van der Waals surface area contributed by atoms with Gasteiger partial charge in [-0.3, -0.25) is 14.6 Å². The van der Waals surface area contributed by atoms with E-state index in [1.54, 1.807) is 49.6 Å². The van der Waals surface area contributed by atoms with Crippen LogP contribution in [0.1, 0.15) is 11.3 Å². The second-order valence-corrected chi connectivity index (χ2v) is 6.88. The first-order valence-corrected chi connectivity index (χ1v) is 9.00. The Morgan fingerprint density at radius 2 is 2.04 bits per heavy atom. The molecule has 0 atom stereocenters. The van der Waals surface area contributed by atoms with Gasteiger partial charge in [-0.2, -0.15) is 0 Å². The number of aromatic nitrogens is 3. The Labute approximate surface area is 167 Å². The normalized spacial score (nSPS) is 10.6. The van der Waals surface area contributed by atoms with E-state index in [-0.39, 0.29) is 17.9 Å². The summed E-state index contributed by atoms with van der Waals surface area (Å²) < 4.78 is 0. The molecular weight excluding hydrogens is 378 g/mol. The highest BCUT2D eigenvalue weighted by Gasteiger charge is 2.16. The molecular formula is C20H20ClN5O2. The Bertz CT molecular complexity index is 1060. The number of aryl methyl sites for hydroxylation is 1. The number of rotatable bonds is 5. The summed E-state index contributed by atoms with van der Waals surface area (Å²) in [5, 5.41) is 3.35. The molecule has 28 heavy (non-hydrogen) atoms. The van der Waals surface area contributed by atoms with Crippen LogP contribution < -0.4 is 15.8 Å². The number of para-hydroxylation sites is 1. The lowest BCUT2D eigenvalue weighted by Gasteiger charge is -2.19. The molecule has 0 fully saturated rings. The minimum absolute atomic E-state index is 0.0964. The van der Waals surface area contributed by atoms with Crippen LogP contribution in [-0.4, -0.2) is 35.0 Å². The molecule has 0 radical (unpaired) electrons. The topological polar surface area (TPSA) is 91.0 Å². The van der Waals surface area contributed by atoms with Gasteiger partial charge in [-0.1, -0.05) is 17.7 Å². The highest BCUT2D eigenvalue weighted by Crippen LogP contribution is 2.32. The lowest BCUT2D eigenvalue weighted by atomic mass is 10.1. The molecule has 3 aromatic rings. The molecule has 0 aliphatic carbocycles. The molecule has 1 aromatic carbocycles.